The number of esters is 3. The Hall–Kier alpha value is -8.14. The summed E-state index contributed by atoms with van der Waals surface area (Å²) >= 11 is 0. The first-order valence-electron chi connectivity index (χ1n) is 36.7. The van der Waals surface area contributed by atoms with Crippen LogP contribution in [0.1, 0.15) is 149 Å². The predicted octanol–water partition coefficient (Wildman–Crippen LogP) is 19.1. The number of cyclic esters (lactones) is 3. The quantitative estimate of drug-likeness (QED) is 0.0755. The van der Waals surface area contributed by atoms with Crippen LogP contribution in [0.25, 0.3) is 51.6 Å². The van der Waals surface area contributed by atoms with Crippen LogP contribution in [0, 0.1) is 118 Å². The number of nitrogens with one attached hydrogen (secondary N) is 1. The molecule has 21 atom stereocenters. The molecular weight excluding hydrogens is 1280 g/mol. The first-order valence-corrected chi connectivity index (χ1v) is 36.7. The minimum Gasteiger partial charge on any atom is -0.462 e. The van der Waals surface area contributed by atoms with Crippen LogP contribution < -0.4 is 5.32 Å². The van der Waals surface area contributed by atoms with E-state index in [0.29, 0.717) is 64.8 Å². The van der Waals surface area contributed by atoms with Gasteiger partial charge in [-0.15, -0.1) is 0 Å². The molecular formula is C85H97F5N4O7. The van der Waals surface area contributed by atoms with Crippen molar-refractivity contribution in [1.29, 1.82) is 0 Å². The van der Waals surface area contributed by atoms with Gasteiger partial charge in [0.2, 0.25) is 5.91 Å². The van der Waals surface area contributed by atoms with E-state index in [1.165, 1.54) is 68.9 Å². The molecule has 6 heterocycles. The first kappa shape index (κ1) is 72.6. The lowest BCUT2D eigenvalue weighted by Gasteiger charge is -2.47. The third kappa shape index (κ3) is 16.1. The van der Waals surface area contributed by atoms with Gasteiger partial charge in [0.1, 0.15) is 29.9 Å². The molecule has 11 nitrogen and oxygen atoms in total. The van der Waals surface area contributed by atoms with Crippen LogP contribution in [0.4, 0.5) is 22.0 Å². The number of carbonyl (C=O) groups is 4. The summed E-state index contributed by atoms with van der Waals surface area (Å²) in [6, 6.07) is 29.9. The number of aromatic nitrogens is 3. The molecule has 6 aliphatic carbocycles. The number of carbonyl (C=O) groups excluding carboxylic acids is 4. The number of rotatable bonds is 11. The van der Waals surface area contributed by atoms with E-state index in [2.05, 4.69) is 78.3 Å². The van der Waals surface area contributed by atoms with Gasteiger partial charge in [0.25, 0.3) is 0 Å². The maximum absolute atomic E-state index is 13.5. The number of ether oxygens (including phenoxy) is 3. The Morgan fingerprint density at radius 3 is 1.20 bits per heavy atom. The number of alkyl halides is 3. The fraction of sp³-hybridized carbons (Fsp3) is 0.494. The van der Waals surface area contributed by atoms with E-state index in [1.54, 1.807) is 48.9 Å². The molecule has 534 valence electrons. The Balaban J connectivity index is 0.000000144. The second kappa shape index (κ2) is 31.2. The van der Waals surface area contributed by atoms with Crippen molar-refractivity contribution in [2.45, 2.75) is 151 Å². The van der Waals surface area contributed by atoms with Crippen molar-refractivity contribution in [2.75, 3.05) is 6.54 Å². The van der Waals surface area contributed by atoms with E-state index in [4.69, 9.17) is 14.2 Å². The molecule has 3 aromatic carbocycles. The van der Waals surface area contributed by atoms with Crippen LogP contribution in [0.5, 0.6) is 0 Å². The third-order valence-electron chi connectivity index (χ3n) is 24.4. The monoisotopic (exact) mass is 1380 g/mol. The lowest BCUT2D eigenvalue weighted by Crippen LogP contribution is -2.46. The molecule has 3 aliphatic heterocycles. The first-order chi connectivity index (χ1) is 48.1. The second-order valence-electron chi connectivity index (χ2n) is 30.5. The number of hydrogen-bond donors (Lipinski definition) is 1. The number of hydrogen-bond acceptors (Lipinski definition) is 10. The summed E-state index contributed by atoms with van der Waals surface area (Å²) in [5.74, 6) is 5.44. The maximum atomic E-state index is 13.5. The van der Waals surface area contributed by atoms with Gasteiger partial charge < -0.3 is 19.5 Å². The summed E-state index contributed by atoms with van der Waals surface area (Å²) in [7, 11) is 0. The van der Waals surface area contributed by atoms with Gasteiger partial charge in [0, 0.05) is 65.5 Å². The van der Waals surface area contributed by atoms with Gasteiger partial charge in [-0.2, -0.15) is 13.2 Å². The average Bonchev–Trinajstić information content (AvgIpc) is 1.68. The number of amides is 1. The van der Waals surface area contributed by atoms with Crippen molar-refractivity contribution >= 4 is 42.0 Å². The summed E-state index contributed by atoms with van der Waals surface area (Å²) < 4.78 is 83.4. The zero-order chi connectivity index (χ0) is 70.1. The molecule has 6 aromatic rings. The Morgan fingerprint density at radius 1 is 0.475 bits per heavy atom. The molecule has 3 aromatic heterocycles. The lowest BCUT2D eigenvalue weighted by molar-refractivity contribution is -0.145. The van der Waals surface area contributed by atoms with Crippen molar-refractivity contribution < 1.29 is 55.3 Å². The summed E-state index contributed by atoms with van der Waals surface area (Å²) in [5, 5.41) is 2.95. The van der Waals surface area contributed by atoms with Crippen LogP contribution in [0.2, 0.25) is 0 Å². The molecule has 9 aliphatic rings. The summed E-state index contributed by atoms with van der Waals surface area (Å²) in [4.78, 5) is 63.9. The van der Waals surface area contributed by atoms with Gasteiger partial charge in [-0.05, 0) is 247 Å². The zero-order valence-electron chi connectivity index (χ0n) is 58.0. The summed E-state index contributed by atoms with van der Waals surface area (Å²) in [6.07, 6.45) is 26.2. The molecule has 1 N–H and O–H groups in total. The van der Waals surface area contributed by atoms with Crippen molar-refractivity contribution in [3.8, 4) is 33.4 Å². The third-order valence-corrected chi connectivity index (χ3v) is 24.4. The van der Waals surface area contributed by atoms with Gasteiger partial charge in [-0.25, -0.2) is 8.78 Å². The fourth-order valence-corrected chi connectivity index (χ4v) is 19.7. The van der Waals surface area contributed by atoms with E-state index in [-0.39, 0.29) is 114 Å². The van der Waals surface area contributed by atoms with Gasteiger partial charge >= 0.3 is 24.1 Å². The van der Waals surface area contributed by atoms with Gasteiger partial charge in [0.05, 0.1) is 40.4 Å². The molecule has 9 fully saturated rings. The number of allylic oxidation sites excluding steroid dienone is 3. The Labute approximate surface area is 592 Å². The van der Waals surface area contributed by atoms with Crippen molar-refractivity contribution in [2.24, 2.45) is 107 Å². The van der Waals surface area contributed by atoms with Crippen molar-refractivity contribution in [3.05, 3.63) is 180 Å². The molecule has 1 amide bonds. The topological polar surface area (TPSA) is 147 Å². The molecule has 3 saturated heterocycles. The largest absolute Gasteiger partial charge is 0.462 e. The number of fused-ring (bicyclic) bond motifs is 6. The Kier molecular flexibility index (Phi) is 22.5. The number of halogens is 5. The number of pyridine rings is 3. The summed E-state index contributed by atoms with van der Waals surface area (Å²) in [6.45, 7) is 13.3. The molecule has 0 spiro atoms. The van der Waals surface area contributed by atoms with Crippen molar-refractivity contribution in [3.63, 3.8) is 0 Å². The molecule has 0 unspecified atom stereocenters. The predicted molar refractivity (Wildman–Crippen MR) is 383 cm³/mol. The van der Waals surface area contributed by atoms with Crippen LogP contribution in [0.3, 0.4) is 0 Å². The molecule has 15 rings (SSSR count). The highest BCUT2D eigenvalue weighted by atomic mass is 19.4. The second-order valence-corrected chi connectivity index (χ2v) is 30.5. The zero-order valence-corrected chi connectivity index (χ0v) is 58.0. The molecule has 101 heavy (non-hydrogen) atoms. The number of nitrogens with zero attached hydrogens (tertiary/aromatic N) is 3. The van der Waals surface area contributed by atoms with E-state index in [1.807, 2.05) is 56.3 Å². The lowest BCUT2D eigenvalue weighted by atomic mass is 9.56. The normalized spacial score (nSPS) is 33.1. The Morgan fingerprint density at radius 2 is 0.842 bits per heavy atom. The highest BCUT2D eigenvalue weighted by molar-refractivity contribution is 5.79. The molecule has 16 heteroatoms. The van der Waals surface area contributed by atoms with E-state index >= 15 is 0 Å². The van der Waals surface area contributed by atoms with Gasteiger partial charge in [-0.1, -0.05) is 107 Å². The minimum atomic E-state index is -4.40. The smallest absolute Gasteiger partial charge is 0.416 e. The van der Waals surface area contributed by atoms with Crippen LogP contribution in [-0.4, -0.2) is 63.6 Å². The van der Waals surface area contributed by atoms with Crippen LogP contribution >= 0.6 is 0 Å². The van der Waals surface area contributed by atoms with E-state index in [9.17, 15) is 41.1 Å². The van der Waals surface area contributed by atoms with Gasteiger partial charge in [0.15, 0.2) is 0 Å². The SMILES string of the molecule is C.CCNC(=O)[C@@H]1CC[C@@H]2[C@@H](C1)C[C@H]1C(=O)O[C@H](C)[C@H]1[C@H]2/C=C/c1ccc(-c2cccc(C(F)(F)F)c2)cn1.C[C@@H]1CC[C@@H]2[C@@H](C1)C[C@H]1C(=O)O[C@H](C)[C@H]1[C@H]2/C=C/c1ccc(-c2cccc(F)c2)cn1.C[C@H]1CC[C@@H]2[C@@H](C1)C[C@H]1C(=O)O[C@H](C)[C@H]1[C@H]2/C=C/c1ccc(-c2cccc(F)c2)cn1. The average molecular weight is 1380 g/mol. The fourth-order valence-electron chi connectivity index (χ4n) is 19.7. The highest BCUT2D eigenvalue weighted by Gasteiger charge is 2.57. The summed E-state index contributed by atoms with van der Waals surface area (Å²) in [5.41, 5.74) is 6.32. The van der Waals surface area contributed by atoms with E-state index < -0.39 is 11.7 Å². The molecule has 0 bridgehead atoms. The van der Waals surface area contributed by atoms with Crippen LogP contribution in [0.15, 0.2) is 146 Å². The Bertz CT molecular complexity index is 3830. The van der Waals surface area contributed by atoms with Crippen molar-refractivity contribution in [1.82, 2.24) is 20.3 Å². The molecule has 6 saturated carbocycles. The minimum absolute atomic E-state index is 0. The van der Waals surface area contributed by atoms with Crippen LogP contribution in [-0.2, 0) is 39.6 Å². The highest BCUT2D eigenvalue weighted by Crippen LogP contribution is 2.58. The standard InChI is InChI=1S/C30H33F3N2O3.2C27H30FNO2.CH4/c1-3-34-28(36)19-8-11-24-21(13-19)15-26-27(17(2)38-29(26)37)25(24)12-10-23-9-7-20(16-35-23)18-5-4-6-22(14-18)30(31,32)33;2*1-16-6-10-23-20(12-16)14-25-26(17(2)31-27(25)30)24(23)11-9-22-8-7-19(15-29-22)18-4-3-5-21(28)13-18;/h4-7,9-10,12,14,16-17,19,21,24-27H,3,8,11,13,15H2,1-2H3,(H,34,36);2*3-5,7-9,11,13,15-17,20,23-26H,6,10,12,14H2,1-2H3;1H4/b12-10+;2*11-9+;/t17-,19-,21+,24-,25+,26-,27+;16-,17+,20-,23+,24-,25+,26-;16-,17-,20+,23-,24+,25-,26+;/m101./s1. The maximum Gasteiger partial charge on any atom is 0.416 e. The number of benzene rings is 3. The molecule has 0 radical (unpaired) electrons. The van der Waals surface area contributed by atoms with E-state index in [0.717, 1.165) is 96.1 Å². The van der Waals surface area contributed by atoms with Gasteiger partial charge in [-0.3, -0.25) is 34.1 Å².